The summed E-state index contributed by atoms with van der Waals surface area (Å²) in [6.07, 6.45) is 0. The Bertz CT molecular complexity index is 1620. The number of carbonyl (C=O) groups is 1. The minimum Gasteiger partial charge on any atom is -0.493 e. The van der Waals surface area contributed by atoms with E-state index in [9.17, 15) is 4.79 Å². The van der Waals surface area contributed by atoms with E-state index < -0.39 is 5.91 Å². The fourth-order valence-electron chi connectivity index (χ4n) is 4.14. The third-order valence-electron chi connectivity index (χ3n) is 5.87. The molecule has 5 aromatic rings. The molecule has 0 fully saturated rings. The number of azo groups is 1. The van der Waals surface area contributed by atoms with E-state index in [0.29, 0.717) is 56.6 Å². The fourth-order valence-corrected chi connectivity index (χ4v) is 4.14. The third-order valence-corrected chi connectivity index (χ3v) is 5.87. The van der Waals surface area contributed by atoms with Crippen LogP contribution < -0.4 is 19.9 Å². The number of pyridine rings is 1. The molecule has 9 heteroatoms. The van der Waals surface area contributed by atoms with Gasteiger partial charge in [-0.05, 0) is 24.3 Å². The number of hydrogen-bond donors (Lipinski definition) is 2. The van der Waals surface area contributed by atoms with Crippen LogP contribution in [0.5, 0.6) is 17.2 Å². The van der Waals surface area contributed by atoms with Crippen LogP contribution in [0.1, 0.15) is 10.4 Å². The molecule has 9 nitrogen and oxygen atoms in total. The molecule has 0 aliphatic rings. The highest BCUT2D eigenvalue weighted by Crippen LogP contribution is 2.41. The molecule has 0 saturated heterocycles. The van der Waals surface area contributed by atoms with Crippen LogP contribution in [0.4, 0.5) is 11.6 Å². The molecule has 5 rings (SSSR count). The van der Waals surface area contributed by atoms with Crippen molar-refractivity contribution in [2.24, 2.45) is 10.2 Å². The first-order valence-corrected chi connectivity index (χ1v) is 11.1. The van der Waals surface area contributed by atoms with Gasteiger partial charge in [-0.1, -0.05) is 42.5 Å². The van der Waals surface area contributed by atoms with Gasteiger partial charge >= 0.3 is 0 Å². The zero-order valence-electron chi connectivity index (χ0n) is 19.9. The Morgan fingerprint density at radius 2 is 1.50 bits per heavy atom. The summed E-state index contributed by atoms with van der Waals surface area (Å²) in [7, 11) is 4.62. The number of para-hydroxylation sites is 1. The number of ether oxygens (including phenoxy) is 3. The number of nitrogen functional groups attached to an aromatic ring is 1. The van der Waals surface area contributed by atoms with Gasteiger partial charge in [-0.25, -0.2) is 4.98 Å². The highest BCUT2D eigenvalue weighted by Gasteiger charge is 2.18. The Hall–Kier alpha value is -4.92. The average molecular weight is 482 g/mol. The molecule has 180 valence electrons. The molecule has 2 aromatic heterocycles. The number of nitrogens with two attached hydrogens (primary N) is 1. The average Bonchev–Trinajstić information content (AvgIpc) is 3.25. The number of carbonyl (C=O) groups excluding carboxylic acids is 1. The molecule has 3 N–H and O–H groups in total. The van der Waals surface area contributed by atoms with E-state index in [1.54, 1.807) is 32.4 Å². The first kappa shape index (κ1) is 22.9. The molecular weight excluding hydrogens is 458 g/mol. The van der Waals surface area contributed by atoms with Crippen molar-refractivity contribution < 1.29 is 19.0 Å². The Kier molecular flexibility index (Phi) is 5.95. The maximum Gasteiger partial charge on any atom is 0.296 e. The number of hydrogen-bond acceptors (Lipinski definition) is 7. The number of amides is 1. The van der Waals surface area contributed by atoms with E-state index >= 15 is 0 Å². The number of nitrogens with one attached hydrogen (secondary N) is 1. The van der Waals surface area contributed by atoms with Crippen LogP contribution in [0.3, 0.4) is 0 Å². The van der Waals surface area contributed by atoms with Gasteiger partial charge in [0, 0.05) is 21.7 Å². The Balaban J connectivity index is 1.61. The summed E-state index contributed by atoms with van der Waals surface area (Å²) in [6.45, 7) is 0. The van der Waals surface area contributed by atoms with Gasteiger partial charge in [0.1, 0.15) is 5.82 Å². The maximum absolute atomic E-state index is 13.3. The van der Waals surface area contributed by atoms with Crippen molar-refractivity contribution in [3.8, 4) is 28.5 Å². The standard InChI is InChI=1S/C27H23N5O4/c1-34-22-12-15(13-23(35-2)24(22)36-3)21-14-19(16-8-6-7-11-20(16)29-21)27(33)32-31-26-18-10-5-4-9-17(18)25(28)30-26/h4-14,30H,28H2,1-3H3. The lowest BCUT2D eigenvalue weighted by Crippen LogP contribution is -2.00. The topological polar surface area (TPSA) is 124 Å². The van der Waals surface area contributed by atoms with E-state index in [4.69, 9.17) is 24.9 Å². The first-order valence-electron chi connectivity index (χ1n) is 11.1. The second kappa shape index (κ2) is 9.38. The maximum atomic E-state index is 13.3. The van der Waals surface area contributed by atoms with Gasteiger partial charge in [0.05, 0.1) is 38.1 Å². The summed E-state index contributed by atoms with van der Waals surface area (Å²) in [6, 6.07) is 20.1. The normalized spacial score (nSPS) is 11.3. The highest BCUT2D eigenvalue weighted by atomic mass is 16.5. The third kappa shape index (κ3) is 3.96. The fraction of sp³-hybridized carbons (Fsp3) is 0.111. The van der Waals surface area contributed by atoms with Gasteiger partial charge in [-0.2, -0.15) is 0 Å². The summed E-state index contributed by atoms with van der Waals surface area (Å²) in [5, 5.41) is 10.5. The smallest absolute Gasteiger partial charge is 0.296 e. The van der Waals surface area contributed by atoms with Crippen molar-refractivity contribution in [2.45, 2.75) is 0 Å². The number of anilines is 1. The molecule has 0 saturated carbocycles. The van der Waals surface area contributed by atoms with Crippen LogP contribution in [0.25, 0.3) is 32.9 Å². The molecule has 3 aromatic carbocycles. The lowest BCUT2D eigenvalue weighted by molar-refractivity contribution is 0.0996. The van der Waals surface area contributed by atoms with Gasteiger partial charge in [0.25, 0.3) is 5.91 Å². The van der Waals surface area contributed by atoms with E-state index in [0.717, 1.165) is 10.8 Å². The van der Waals surface area contributed by atoms with E-state index in [1.807, 2.05) is 48.5 Å². The monoisotopic (exact) mass is 481 g/mol. The van der Waals surface area contributed by atoms with Crippen molar-refractivity contribution >= 4 is 39.2 Å². The molecular formula is C27H23N5O4. The highest BCUT2D eigenvalue weighted by molar-refractivity contribution is 6.08. The SMILES string of the molecule is COc1cc(-c2cc(C(=O)N=Nc3[nH]c(N)c4ccccc34)c3ccccc3n2)cc(OC)c1OC. The number of nitrogens with zero attached hydrogens (tertiary/aromatic N) is 3. The molecule has 0 radical (unpaired) electrons. The van der Waals surface area contributed by atoms with Crippen LogP contribution in [0.2, 0.25) is 0 Å². The Morgan fingerprint density at radius 3 is 2.17 bits per heavy atom. The largest absolute Gasteiger partial charge is 0.493 e. The van der Waals surface area contributed by atoms with Crippen molar-refractivity contribution in [3.05, 3.63) is 72.3 Å². The molecule has 36 heavy (non-hydrogen) atoms. The van der Waals surface area contributed by atoms with Crippen LogP contribution in [-0.2, 0) is 0 Å². The first-order chi connectivity index (χ1) is 17.5. The van der Waals surface area contributed by atoms with E-state index in [1.165, 1.54) is 7.11 Å². The van der Waals surface area contributed by atoms with E-state index in [-0.39, 0.29) is 0 Å². The number of rotatable bonds is 6. The van der Waals surface area contributed by atoms with Crippen LogP contribution >= 0.6 is 0 Å². The minimum atomic E-state index is -0.514. The number of benzene rings is 3. The summed E-state index contributed by atoms with van der Waals surface area (Å²) in [5.74, 6) is 1.79. The zero-order chi connectivity index (χ0) is 25.2. The molecule has 0 atom stereocenters. The summed E-state index contributed by atoms with van der Waals surface area (Å²) < 4.78 is 16.4. The van der Waals surface area contributed by atoms with Crippen molar-refractivity contribution in [2.75, 3.05) is 27.1 Å². The lowest BCUT2D eigenvalue weighted by Gasteiger charge is -2.14. The van der Waals surface area contributed by atoms with Gasteiger partial charge < -0.3 is 24.9 Å². The molecule has 1 amide bonds. The lowest BCUT2D eigenvalue weighted by atomic mass is 10.0. The van der Waals surface area contributed by atoms with Crippen molar-refractivity contribution in [1.29, 1.82) is 0 Å². The number of H-pyrrole nitrogens is 1. The predicted octanol–water partition coefficient (Wildman–Crippen LogP) is 5.92. The molecule has 0 aliphatic heterocycles. The van der Waals surface area contributed by atoms with Gasteiger partial charge in [-0.3, -0.25) is 4.79 Å². The van der Waals surface area contributed by atoms with Gasteiger partial charge in [0.15, 0.2) is 17.3 Å². The molecule has 2 heterocycles. The molecule has 0 bridgehead atoms. The summed E-state index contributed by atoms with van der Waals surface area (Å²) in [4.78, 5) is 21.0. The van der Waals surface area contributed by atoms with Crippen LogP contribution in [0.15, 0.2) is 77.0 Å². The molecule has 0 aliphatic carbocycles. The second-order valence-corrected chi connectivity index (χ2v) is 7.92. The Labute approximate surface area is 206 Å². The number of aromatic amines is 1. The number of aromatic nitrogens is 2. The Morgan fingerprint density at radius 1 is 0.861 bits per heavy atom. The summed E-state index contributed by atoms with van der Waals surface area (Å²) in [5.41, 5.74) is 8.26. The van der Waals surface area contributed by atoms with Crippen LogP contribution in [-0.4, -0.2) is 37.2 Å². The summed E-state index contributed by atoms with van der Waals surface area (Å²) >= 11 is 0. The van der Waals surface area contributed by atoms with Crippen molar-refractivity contribution in [3.63, 3.8) is 0 Å². The molecule has 0 unspecified atom stereocenters. The van der Waals surface area contributed by atoms with Gasteiger partial charge in [-0.15, -0.1) is 10.2 Å². The predicted molar refractivity (Wildman–Crippen MR) is 138 cm³/mol. The molecule has 0 spiro atoms. The minimum absolute atomic E-state index is 0.358. The quantitative estimate of drug-likeness (QED) is 0.290. The number of fused-ring (bicyclic) bond motifs is 2. The second-order valence-electron chi connectivity index (χ2n) is 7.92. The zero-order valence-corrected chi connectivity index (χ0v) is 19.9. The van der Waals surface area contributed by atoms with E-state index in [2.05, 4.69) is 15.2 Å². The number of methoxy groups -OCH3 is 3. The van der Waals surface area contributed by atoms with Crippen LogP contribution in [0, 0.1) is 0 Å². The van der Waals surface area contributed by atoms with Crippen molar-refractivity contribution in [1.82, 2.24) is 9.97 Å². The van der Waals surface area contributed by atoms with Gasteiger partial charge in [0.2, 0.25) is 5.75 Å².